The molecule has 0 fully saturated rings. The Hall–Kier alpha value is -8.86. The van der Waals surface area contributed by atoms with Crippen LogP contribution in [-0.2, 0) is 57.1 Å². The number of anilines is 2. The SMILES string of the molecule is COC(=O)C1COC(c2nc3oc2[C@@]24c5cc(F)ccc5N[C@@H]2Oc2ccc(cc24)CC(C)C(=O)N[C@H]3C(C)C)=N1.COC(=O)[C@H](CO)NC(=O)c1nc2oc1[C@@]13c4cc(F)ccc4N[C@@H]1Oc1ccc(cc13)CC(C)C(=O)N[C@H]2C(C)C. The van der Waals surface area contributed by atoms with Crippen LogP contribution in [0.25, 0.3) is 0 Å². The molecule has 6 aromatic rings. The first-order valence-electron chi connectivity index (χ1n) is 27.4. The summed E-state index contributed by atoms with van der Waals surface area (Å²) in [6.45, 7) is 10.6. The zero-order valence-electron chi connectivity index (χ0n) is 46.5. The van der Waals surface area contributed by atoms with Gasteiger partial charge in [-0.1, -0.05) is 65.8 Å². The highest BCUT2D eigenvalue weighted by atomic mass is 19.1. The van der Waals surface area contributed by atoms with Gasteiger partial charge in [-0.15, -0.1) is 0 Å². The Bertz CT molecular complexity index is 3710. The topological polar surface area (TPSA) is 276 Å². The van der Waals surface area contributed by atoms with Crippen LogP contribution in [0, 0.1) is 35.3 Å². The number of aliphatic imine (C=N–C) groups is 1. The number of amides is 3. The highest BCUT2D eigenvalue weighted by Crippen LogP contribution is 2.60. The van der Waals surface area contributed by atoms with Crippen molar-refractivity contribution < 1.29 is 70.4 Å². The Labute approximate surface area is 474 Å². The van der Waals surface area contributed by atoms with Crippen LogP contribution < -0.4 is 36.1 Å². The van der Waals surface area contributed by atoms with E-state index in [1.54, 1.807) is 18.2 Å². The number of nitrogens with zero attached hydrogens (tertiary/aromatic N) is 3. The number of methoxy groups -OCH3 is 2. The van der Waals surface area contributed by atoms with Crippen LogP contribution in [0.5, 0.6) is 11.5 Å². The van der Waals surface area contributed by atoms with Gasteiger partial charge in [0.05, 0.1) is 20.8 Å². The number of esters is 2. The number of halogens is 2. The van der Waals surface area contributed by atoms with Crippen molar-refractivity contribution >= 4 is 46.9 Å². The maximum Gasteiger partial charge on any atom is 0.334 e. The van der Waals surface area contributed by atoms with E-state index in [0.717, 1.165) is 23.8 Å². The molecule has 21 nitrogen and oxygen atoms in total. The molecule has 13 rings (SSSR count). The smallest absolute Gasteiger partial charge is 0.334 e. The lowest BCUT2D eigenvalue weighted by Crippen LogP contribution is -2.46. The first kappa shape index (κ1) is 54.7. The Morgan fingerprint density at radius 1 is 0.699 bits per heavy atom. The molecule has 8 bridgehead atoms. The zero-order valence-corrected chi connectivity index (χ0v) is 46.5. The molecule has 0 saturated carbocycles. The Morgan fingerprint density at radius 3 is 1.72 bits per heavy atom. The van der Waals surface area contributed by atoms with E-state index in [1.165, 1.54) is 31.4 Å². The van der Waals surface area contributed by atoms with Crippen LogP contribution in [0.1, 0.15) is 126 Å². The van der Waals surface area contributed by atoms with Crippen molar-refractivity contribution in [1.82, 2.24) is 25.9 Å². The van der Waals surface area contributed by atoms with E-state index in [9.17, 15) is 37.9 Å². The molecule has 2 spiro atoms. The van der Waals surface area contributed by atoms with E-state index in [2.05, 4.69) is 36.6 Å². The Kier molecular flexibility index (Phi) is 13.5. The van der Waals surface area contributed by atoms with E-state index in [-0.39, 0.29) is 71.0 Å². The molecule has 432 valence electrons. The van der Waals surface area contributed by atoms with Gasteiger partial charge in [0.2, 0.25) is 29.5 Å². The highest BCUT2D eigenvalue weighted by molar-refractivity contribution is 5.99. The Morgan fingerprint density at radius 2 is 1.22 bits per heavy atom. The van der Waals surface area contributed by atoms with E-state index in [0.29, 0.717) is 58.2 Å². The summed E-state index contributed by atoms with van der Waals surface area (Å²) in [6.07, 6.45) is -0.627. The molecule has 9 heterocycles. The zero-order chi connectivity index (χ0) is 58.6. The van der Waals surface area contributed by atoms with Gasteiger partial charge < -0.3 is 64.2 Å². The lowest BCUT2D eigenvalue weighted by atomic mass is 9.72. The first-order valence-corrected chi connectivity index (χ1v) is 27.4. The number of oxazole rings is 2. The van der Waals surface area contributed by atoms with Crippen molar-refractivity contribution in [2.45, 2.75) is 102 Å². The number of benzene rings is 4. The summed E-state index contributed by atoms with van der Waals surface area (Å²) in [4.78, 5) is 79.0. The second kappa shape index (κ2) is 20.5. The van der Waals surface area contributed by atoms with Gasteiger partial charge in [-0.05, 0) is 84.3 Å². The standard InChI is InChI=1S/C30H31FN4O7.C30H29FN4O6/c1-13(2)22-27-35-23(26(38)32-20(12-36)28(39)40-4)24(42-27)30-17-11-16(31)6-7-19(17)33-29(30)41-21-8-5-15(10-18(21)30)9-14(3)25(37)34-22;1-13(2)22-27-35-23(26-32-20(12-39-26)28(37)38-4)24(41-27)30-17-11-16(31)6-7-19(17)33-29(30)40-21-8-5-15(10-18(21)30)9-14(3)25(36)34-22/h5-8,10-11,13-14,20,22,29,33,36H,9,12H2,1-4H3,(H,32,38)(H,34,37);5-8,10-11,13-14,20,22,29,33H,9,12H2,1-4H3,(H,34,36)/t14?,20-,22-,29+,30-;14?,20?,22-,29+,30-/m00/s1. The minimum Gasteiger partial charge on any atom is -0.473 e. The van der Waals surface area contributed by atoms with E-state index in [4.69, 9.17) is 37.5 Å². The number of hydrogen-bond acceptors (Lipinski definition) is 18. The molecule has 3 unspecified atom stereocenters. The fourth-order valence-corrected chi connectivity index (χ4v) is 12.3. The maximum absolute atomic E-state index is 14.9. The maximum atomic E-state index is 14.9. The van der Waals surface area contributed by atoms with Crippen molar-refractivity contribution in [3.8, 4) is 11.5 Å². The van der Waals surface area contributed by atoms with Gasteiger partial charge in [-0.25, -0.2) is 33.3 Å². The van der Waals surface area contributed by atoms with Gasteiger partial charge in [0, 0.05) is 45.5 Å². The fraction of sp³-hybridized carbons (Fsp3) is 0.400. The monoisotopic (exact) mass is 1140 g/mol. The van der Waals surface area contributed by atoms with Gasteiger partial charge in [0.1, 0.15) is 52.7 Å². The summed E-state index contributed by atoms with van der Waals surface area (Å²) in [6, 6.07) is 16.6. The second-order valence-corrected chi connectivity index (χ2v) is 22.6. The molecular formula is C60H60F2N8O13. The number of rotatable bonds is 8. The highest BCUT2D eigenvalue weighted by Gasteiger charge is 2.63. The molecule has 0 saturated heterocycles. The molecule has 6 N–H and O–H groups in total. The van der Waals surface area contributed by atoms with Gasteiger partial charge in [0.25, 0.3) is 5.91 Å². The normalized spacial score (nSPS) is 25.8. The number of nitrogens with one attached hydrogen (secondary N) is 5. The van der Waals surface area contributed by atoms with Crippen LogP contribution in [0.4, 0.5) is 20.2 Å². The second-order valence-electron chi connectivity index (χ2n) is 22.6. The van der Waals surface area contributed by atoms with Crippen molar-refractivity contribution in [2.75, 3.05) is 38.1 Å². The lowest BCUT2D eigenvalue weighted by molar-refractivity contribution is -0.144. The van der Waals surface area contributed by atoms with Crippen LogP contribution in [-0.4, -0.2) is 103 Å². The number of aliphatic hydroxyl groups excluding tert-OH is 1. The number of hydrogen-bond donors (Lipinski definition) is 6. The number of fused-ring (bicyclic) bond motifs is 8. The third-order valence-electron chi connectivity index (χ3n) is 16.6. The summed E-state index contributed by atoms with van der Waals surface area (Å²) in [5.41, 5.74) is 2.98. The third-order valence-corrected chi connectivity index (χ3v) is 16.6. The molecule has 2 aromatic heterocycles. The predicted octanol–water partition coefficient (Wildman–Crippen LogP) is 6.18. The fourth-order valence-electron chi connectivity index (χ4n) is 12.3. The van der Waals surface area contributed by atoms with Crippen molar-refractivity contribution in [3.05, 3.63) is 153 Å². The third kappa shape index (κ3) is 8.71. The van der Waals surface area contributed by atoms with Crippen LogP contribution in [0.3, 0.4) is 0 Å². The molecule has 3 amide bonds. The van der Waals surface area contributed by atoms with Crippen LogP contribution in [0.2, 0.25) is 0 Å². The van der Waals surface area contributed by atoms with Gasteiger partial charge in [-0.2, -0.15) is 0 Å². The van der Waals surface area contributed by atoms with Gasteiger partial charge in [0.15, 0.2) is 47.4 Å². The summed E-state index contributed by atoms with van der Waals surface area (Å²) >= 11 is 0. The quantitative estimate of drug-likeness (QED) is 0.0929. The molecule has 4 aromatic carbocycles. The van der Waals surface area contributed by atoms with Crippen molar-refractivity contribution in [2.24, 2.45) is 28.7 Å². The average molecular weight is 1140 g/mol. The number of ether oxygens (including phenoxy) is 5. The molecule has 23 heteroatoms. The van der Waals surface area contributed by atoms with E-state index < -0.39 is 89.5 Å². The number of aromatic nitrogens is 2. The number of carbonyl (C=O) groups excluding carboxylic acids is 5. The molecule has 0 radical (unpaired) electrons. The van der Waals surface area contributed by atoms with Crippen LogP contribution >= 0.6 is 0 Å². The summed E-state index contributed by atoms with van der Waals surface area (Å²) < 4.78 is 71.4. The van der Waals surface area contributed by atoms with E-state index in [1.807, 2.05) is 71.9 Å². The first-order chi connectivity index (χ1) is 39.8. The molecular weight excluding hydrogens is 1080 g/mol. The largest absolute Gasteiger partial charge is 0.473 e. The van der Waals surface area contributed by atoms with Crippen molar-refractivity contribution in [3.63, 3.8) is 0 Å². The average Bonchev–Trinajstić information content (AvgIpc) is 1.57. The summed E-state index contributed by atoms with van der Waals surface area (Å²) in [5, 5.41) is 25.1. The lowest BCUT2D eigenvalue weighted by Gasteiger charge is -2.28. The molecule has 83 heavy (non-hydrogen) atoms. The Balaban J connectivity index is 0.000000164. The molecule has 7 aliphatic heterocycles. The van der Waals surface area contributed by atoms with E-state index >= 15 is 0 Å². The van der Waals surface area contributed by atoms with Crippen molar-refractivity contribution in [1.29, 1.82) is 0 Å². The van der Waals surface area contributed by atoms with Gasteiger partial charge in [-0.3, -0.25) is 14.4 Å². The summed E-state index contributed by atoms with van der Waals surface area (Å²) in [7, 11) is 2.43. The summed E-state index contributed by atoms with van der Waals surface area (Å²) in [5.74, 6) is -2.65. The molecule has 10 atom stereocenters. The predicted molar refractivity (Wildman–Crippen MR) is 290 cm³/mol. The minimum absolute atomic E-state index is 0.0252. The number of carbonyl (C=O) groups is 5. The number of aliphatic hydroxyl groups is 1. The molecule has 7 aliphatic rings. The van der Waals surface area contributed by atoms with Crippen LogP contribution in [0.15, 0.2) is 86.6 Å². The molecule has 0 aliphatic carbocycles. The minimum atomic E-state index is -1.38. The van der Waals surface area contributed by atoms with Gasteiger partial charge >= 0.3 is 11.9 Å².